The Kier molecular flexibility index (Phi) is 2.19. The molecule has 0 bridgehead atoms. The summed E-state index contributed by atoms with van der Waals surface area (Å²) in [6.45, 7) is 0.0889. The monoisotopic (exact) mass is 180 g/mol. The van der Waals surface area contributed by atoms with Crippen molar-refractivity contribution in [2.75, 3.05) is 11.9 Å². The molecule has 2 atom stereocenters. The smallest absolute Gasteiger partial charge is 0.133 e. The number of alkyl halides is 1. The Labute approximate surface area is 76.9 Å². The van der Waals surface area contributed by atoms with Gasteiger partial charge in [0.05, 0.1) is 6.04 Å². The molecule has 0 fully saturated rings. The van der Waals surface area contributed by atoms with Crippen LogP contribution in [-0.2, 0) is 6.42 Å². The van der Waals surface area contributed by atoms with Gasteiger partial charge in [-0.1, -0.05) is 18.2 Å². The molecule has 2 unspecified atom stereocenters. The summed E-state index contributed by atoms with van der Waals surface area (Å²) in [4.78, 5) is 0. The van der Waals surface area contributed by atoms with Crippen LogP contribution in [-0.4, -0.2) is 18.8 Å². The number of fused-ring (bicyclic) bond motifs is 1. The normalized spacial score (nSPS) is 22.2. The molecular weight excluding hydrogens is 167 g/mol. The number of hydrogen-bond acceptors (Lipinski definition) is 2. The molecule has 0 spiro atoms. The molecule has 0 radical (unpaired) electrons. The molecule has 13 heavy (non-hydrogen) atoms. The fraction of sp³-hybridized carbons (Fsp3) is 0.400. The first-order chi connectivity index (χ1) is 6.31. The maximum Gasteiger partial charge on any atom is 0.133 e. The Bertz CT molecular complexity index is 276. The Hall–Kier alpha value is -1.09. The number of halogens is 1. The number of benzene rings is 1. The van der Waals surface area contributed by atoms with Gasteiger partial charge in [0.15, 0.2) is 0 Å². The molecule has 1 heterocycles. The van der Waals surface area contributed by atoms with Crippen molar-refractivity contribution in [2.24, 2.45) is 5.73 Å². The summed E-state index contributed by atoms with van der Waals surface area (Å²) >= 11 is 0. The van der Waals surface area contributed by atoms with Crippen LogP contribution < -0.4 is 11.1 Å². The molecule has 3 heteroatoms. The molecule has 3 N–H and O–H groups in total. The molecule has 2 nitrogen and oxygen atoms in total. The third-order valence-corrected chi connectivity index (χ3v) is 2.46. The van der Waals surface area contributed by atoms with Crippen molar-refractivity contribution >= 4 is 5.69 Å². The van der Waals surface area contributed by atoms with Gasteiger partial charge in [-0.15, -0.1) is 0 Å². The Morgan fingerprint density at radius 1 is 1.54 bits per heavy atom. The summed E-state index contributed by atoms with van der Waals surface area (Å²) in [5.41, 5.74) is 7.50. The van der Waals surface area contributed by atoms with E-state index < -0.39 is 6.17 Å². The van der Waals surface area contributed by atoms with Crippen LogP contribution in [0.1, 0.15) is 5.56 Å². The Morgan fingerprint density at radius 3 is 3.00 bits per heavy atom. The number of hydrogen-bond donors (Lipinski definition) is 2. The molecule has 0 aromatic heterocycles. The fourth-order valence-electron chi connectivity index (χ4n) is 1.71. The van der Waals surface area contributed by atoms with Crippen LogP contribution in [0.3, 0.4) is 0 Å². The lowest BCUT2D eigenvalue weighted by atomic mass is 10.1. The van der Waals surface area contributed by atoms with Crippen LogP contribution in [0.5, 0.6) is 0 Å². The molecule has 0 saturated carbocycles. The van der Waals surface area contributed by atoms with E-state index in [9.17, 15) is 4.39 Å². The summed E-state index contributed by atoms with van der Waals surface area (Å²) in [6.07, 6.45) is -0.207. The van der Waals surface area contributed by atoms with E-state index in [0.29, 0.717) is 0 Å². The first kappa shape index (κ1) is 8.51. The van der Waals surface area contributed by atoms with E-state index in [1.165, 1.54) is 5.56 Å². The second kappa shape index (κ2) is 3.34. The Morgan fingerprint density at radius 2 is 2.31 bits per heavy atom. The van der Waals surface area contributed by atoms with Crippen LogP contribution >= 0.6 is 0 Å². The maximum atomic E-state index is 13.2. The van der Waals surface area contributed by atoms with Crippen LogP contribution in [0, 0.1) is 0 Å². The molecular formula is C10H13FN2. The van der Waals surface area contributed by atoms with Crippen molar-refractivity contribution < 1.29 is 4.39 Å². The SMILES string of the molecule is NCC(F)C1Cc2ccccc2N1. The summed E-state index contributed by atoms with van der Waals surface area (Å²) in [5.74, 6) is 0. The summed E-state index contributed by atoms with van der Waals surface area (Å²) in [7, 11) is 0. The zero-order valence-electron chi connectivity index (χ0n) is 7.33. The molecule has 1 aliphatic rings. The lowest BCUT2D eigenvalue weighted by Crippen LogP contribution is -2.34. The highest BCUT2D eigenvalue weighted by atomic mass is 19.1. The number of para-hydroxylation sites is 1. The largest absolute Gasteiger partial charge is 0.379 e. The van der Waals surface area contributed by atoms with E-state index in [1.54, 1.807) is 0 Å². The van der Waals surface area contributed by atoms with Gasteiger partial charge >= 0.3 is 0 Å². The van der Waals surface area contributed by atoms with Crippen molar-refractivity contribution in [1.29, 1.82) is 0 Å². The van der Waals surface area contributed by atoms with Crippen LogP contribution in [0.15, 0.2) is 24.3 Å². The quantitative estimate of drug-likeness (QED) is 0.720. The fourth-order valence-corrected chi connectivity index (χ4v) is 1.71. The topological polar surface area (TPSA) is 38.0 Å². The summed E-state index contributed by atoms with van der Waals surface area (Å²) in [6, 6.07) is 7.77. The van der Waals surface area contributed by atoms with E-state index in [0.717, 1.165) is 12.1 Å². The van der Waals surface area contributed by atoms with E-state index in [-0.39, 0.29) is 12.6 Å². The van der Waals surface area contributed by atoms with Crippen molar-refractivity contribution in [2.45, 2.75) is 18.6 Å². The molecule has 1 aromatic carbocycles. The van der Waals surface area contributed by atoms with Crippen molar-refractivity contribution in [3.63, 3.8) is 0 Å². The second-order valence-corrected chi connectivity index (χ2v) is 3.36. The van der Waals surface area contributed by atoms with Crippen LogP contribution in [0.2, 0.25) is 0 Å². The zero-order valence-corrected chi connectivity index (χ0v) is 7.33. The number of nitrogens with one attached hydrogen (secondary N) is 1. The summed E-state index contributed by atoms with van der Waals surface area (Å²) in [5, 5.41) is 3.13. The minimum absolute atomic E-state index is 0.0889. The minimum Gasteiger partial charge on any atom is -0.379 e. The van der Waals surface area contributed by atoms with E-state index in [1.807, 2.05) is 24.3 Å². The average molecular weight is 180 g/mol. The van der Waals surface area contributed by atoms with Gasteiger partial charge in [-0.25, -0.2) is 4.39 Å². The molecule has 2 rings (SSSR count). The lowest BCUT2D eigenvalue weighted by Gasteiger charge is -2.14. The maximum absolute atomic E-state index is 13.2. The minimum atomic E-state index is -0.951. The third kappa shape index (κ3) is 1.52. The molecule has 0 saturated heterocycles. The standard InChI is InChI=1S/C10H13FN2/c11-8(6-12)10-5-7-3-1-2-4-9(7)13-10/h1-4,8,10,13H,5-6,12H2. The first-order valence-electron chi connectivity index (χ1n) is 4.50. The zero-order chi connectivity index (χ0) is 9.26. The molecule has 0 amide bonds. The van der Waals surface area contributed by atoms with Crippen molar-refractivity contribution in [1.82, 2.24) is 0 Å². The number of nitrogens with two attached hydrogens (primary N) is 1. The number of anilines is 1. The van der Waals surface area contributed by atoms with E-state index in [2.05, 4.69) is 5.32 Å². The van der Waals surface area contributed by atoms with Gasteiger partial charge in [0, 0.05) is 12.2 Å². The van der Waals surface area contributed by atoms with E-state index in [4.69, 9.17) is 5.73 Å². The van der Waals surface area contributed by atoms with Crippen molar-refractivity contribution in [3.8, 4) is 0 Å². The second-order valence-electron chi connectivity index (χ2n) is 3.36. The molecule has 1 aromatic rings. The highest BCUT2D eigenvalue weighted by Crippen LogP contribution is 2.27. The Balaban J connectivity index is 2.14. The average Bonchev–Trinajstić information content (AvgIpc) is 2.59. The predicted octanol–water partition coefficient (Wildman–Crippen LogP) is 1.32. The van der Waals surface area contributed by atoms with Crippen molar-refractivity contribution in [3.05, 3.63) is 29.8 Å². The summed E-state index contributed by atoms with van der Waals surface area (Å²) < 4.78 is 13.2. The molecule has 0 aliphatic carbocycles. The van der Waals surface area contributed by atoms with Gasteiger partial charge in [-0.2, -0.15) is 0 Å². The van der Waals surface area contributed by atoms with Gasteiger partial charge < -0.3 is 11.1 Å². The van der Waals surface area contributed by atoms with Gasteiger partial charge in [0.2, 0.25) is 0 Å². The predicted molar refractivity (Wildman–Crippen MR) is 51.5 cm³/mol. The molecule has 70 valence electrons. The lowest BCUT2D eigenvalue weighted by molar-refractivity contribution is 0.305. The highest BCUT2D eigenvalue weighted by molar-refractivity contribution is 5.56. The van der Waals surface area contributed by atoms with Gasteiger partial charge in [-0.3, -0.25) is 0 Å². The third-order valence-electron chi connectivity index (χ3n) is 2.46. The van der Waals surface area contributed by atoms with Gasteiger partial charge in [0.25, 0.3) is 0 Å². The van der Waals surface area contributed by atoms with Crippen LogP contribution in [0.4, 0.5) is 10.1 Å². The van der Waals surface area contributed by atoms with Gasteiger partial charge in [0.1, 0.15) is 6.17 Å². The van der Waals surface area contributed by atoms with Crippen LogP contribution in [0.25, 0.3) is 0 Å². The highest BCUT2D eigenvalue weighted by Gasteiger charge is 2.26. The first-order valence-corrected chi connectivity index (χ1v) is 4.50. The number of rotatable bonds is 2. The van der Waals surface area contributed by atoms with E-state index >= 15 is 0 Å². The van der Waals surface area contributed by atoms with Gasteiger partial charge in [-0.05, 0) is 18.1 Å². The molecule has 1 aliphatic heterocycles.